The average Bonchev–Trinajstić information content (AvgIpc) is 1.27. The molecule has 0 aliphatic carbocycles. The molecule has 0 aromatic heterocycles. The molecule has 0 heterocycles. The summed E-state index contributed by atoms with van der Waals surface area (Å²) < 4.78 is 4.42. The predicted octanol–water partition coefficient (Wildman–Crippen LogP) is 0.997. The van der Waals surface area contributed by atoms with Crippen LogP contribution in [0.15, 0.2) is 0 Å². The van der Waals surface area contributed by atoms with Gasteiger partial charge in [0.1, 0.15) is 0 Å². The summed E-state index contributed by atoms with van der Waals surface area (Å²) in [5.41, 5.74) is 0. The molecular weight excluding hydrogens is 92.1 g/mol. The van der Waals surface area contributed by atoms with E-state index in [1.807, 2.05) is 0 Å². The Bertz CT molecular complexity index is 85.9. The number of hydrogen-bond acceptors (Lipinski definition) is 3. The van der Waals surface area contributed by atoms with E-state index in [1.54, 1.807) is 0 Å². The molecule has 0 radical (unpaired) electrons. The minimum atomic E-state index is 0.0625. The first-order valence-corrected chi connectivity index (χ1v) is 1.91. The first-order chi connectivity index (χ1) is 3.13. The summed E-state index contributed by atoms with van der Waals surface area (Å²) in [6.45, 7) is 2.97. The summed E-state index contributed by atoms with van der Waals surface area (Å²) in [5, 5.41) is 13.3. The lowest BCUT2D eigenvalue weighted by molar-refractivity contribution is 0.526. The van der Waals surface area contributed by atoms with Gasteiger partial charge in [-0.1, -0.05) is 0 Å². The van der Waals surface area contributed by atoms with E-state index in [-0.39, 0.29) is 11.8 Å². The molecule has 0 aromatic carbocycles. The topological polar surface area (TPSA) is 56.9 Å². The minimum Gasteiger partial charge on any atom is -0.430 e. The van der Waals surface area contributed by atoms with Crippen molar-refractivity contribution in [2.24, 2.45) is 0 Å². The lowest BCUT2D eigenvalue weighted by atomic mass is 10.7. The van der Waals surface area contributed by atoms with Crippen molar-refractivity contribution in [2.75, 3.05) is 0 Å². The summed E-state index contributed by atoms with van der Waals surface area (Å²) in [6.07, 6.45) is 0. The smallest absolute Gasteiger partial charge is 0.185 e. The molecule has 7 heavy (non-hydrogen) atoms. The van der Waals surface area contributed by atoms with Crippen LogP contribution in [0.3, 0.4) is 0 Å². The van der Waals surface area contributed by atoms with E-state index in [9.17, 15) is 0 Å². The summed E-state index contributed by atoms with van der Waals surface area (Å²) in [7, 11) is 0. The van der Waals surface area contributed by atoms with Crippen molar-refractivity contribution in [3.63, 3.8) is 0 Å². The fourth-order valence-electron chi connectivity index (χ4n) is 0.230. The van der Waals surface area contributed by atoms with Crippen LogP contribution < -0.4 is 0 Å². The second kappa shape index (κ2) is 2.34. The zero-order chi connectivity index (χ0) is 5.86. The fraction of sp³-hybridized carbons (Fsp3) is 0.500. The quantitative estimate of drug-likeness (QED) is 0.346. The lowest BCUT2D eigenvalue weighted by Crippen LogP contribution is -2.01. The standard InChI is InChI=1S/C4H8N2O/c1-3(5)7-4(2)6/h5-6H,1-2H3. The number of rotatable bonds is 0. The van der Waals surface area contributed by atoms with Gasteiger partial charge in [0.2, 0.25) is 0 Å². The van der Waals surface area contributed by atoms with Gasteiger partial charge in [-0.3, -0.25) is 10.8 Å². The third kappa shape index (κ3) is 5.14. The molecule has 2 N–H and O–H groups in total. The average molecular weight is 100 g/mol. The molecule has 0 fully saturated rings. The lowest BCUT2D eigenvalue weighted by Gasteiger charge is -1.94. The van der Waals surface area contributed by atoms with E-state index in [0.29, 0.717) is 0 Å². The zero-order valence-corrected chi connectivity index (χ0v) is 4.41. The maximum absolute atomic E-state index is 6.66. The van der Waals surface area contributed by atoms with E-state index < -0.39 is 0 Å². The minimum absolute atomic E-state index is 0.0625. The SMILES string of the molecule is CC(=N)OC(C)=N. The Morgan fingerprint density at radius 3 is 1.43 bits per heavy atom. The third-order valence-electron chi connectivity index (χ3n) is 0.306. The van der Waals surface area contributed by atoms with Gasteiger partial charge in [0.05, 0.1) is 0 Å². The zero-order valence-electron chi connectivity index (χ0n) is 4.41. The molecule has 0 bridgehead atoms. The van der Waals surface area contributed by atoms with Gasteiger partial charge in [-0.15, -0.1) is 0 Å². The van der Waals surface area contributed by atoms with Crippen LogP contribution in [0, 0.1) is 10.8 Å². The normalized spacial score (nSPS) is 7.71. The number of nitrogens with one attached hydrogen (secondary N) is 2. The second-order valence-corrected chi connectivity index (χ2v) is 1.21. The predicted molar refractivity (Wildman–Crippen MR) is 27.9 cm³/mol. The molecule has 0 amide bonds. The summed E-state index contributed by atoms with van der Waals surface area (Å²) in [6, 6.07) is 0. The van der Waals surface area contributed by atoms with Gasteiger partial charge in [-0.2, -0.15) is 0 Å². The molecule has 0 atom stereocenters. The van der Waals surface area contributed by atoms with E-state index in [4.69, 9.17) is 10.8 Å². The monoisotopic (exact) mass is 100 g/mol. The maximum atomic E-state index is 6.66. The molecule has 0 saturated carbocycles. The van der Waals surface area contributed by atoms with Crippen LogP contribution >= 0.6 is 0 Å². The van der Waals surface area contributed by atoms with Crippen LogP contribution in [0.2, 0.25) is 0 Å². The van der Waals surface area contributed by atoms with Crippen LogP contribution in [-0.2, 0) is 4.74 Å². The van der Waals surface area contributed by atoms with Gasteiger partial charge in [0.15, 0.2) is 11.8 Å². The Morgan fingerprint density at radius 2 is 1.43 bits per heavy atom. The molecule has 0 unspecified atom stereocenters. The molecule has 0 aliphatic heterocycles. The number of ether oxygens (including phenoxy) is 1. The summed E-state index contributed by atoms with van der Waals surface area (Å²) in [4.78, 5) is 0. The molecule has 0 aliphatic rings. The van der Waals surface area contributed by atoms with Crippen molar-refractivity contribution in [2.45, 2.75) is 13.8 Å². The Balaban J connectivity index is 3.32. The van der Waals surface area contributed by atoms with Gasteiger partial charge in [0, 0.05) is 13.8 Å². The highest BCUT2D eigenvalue weighted by atomic mass is 16.5. The third-order valence-corrected chi connectivity index (χ3v) is 0.306. The van der Waals surface area contributed by atoms with E-state index in [1.165, 1.54) is 13.8 Å². The molecule has 0 aromatic rings. The van der Waals surface area contributed by atoms with Gasteiger partial charge in [-0.05, 0) is 0 Å². The molecular formula is C4H8N2O. The molecule has 0 rings (SSSR count). The van der Waals surface area contributed by atoms with Gasteiger partial charge < -0.3 is 4.74 Å². The van der Waals surface area contributed by atoms with Gasteiger partial charge in [-0.25, -0.2) is 0 Å². The molecule has 40 valence electrons. The summed E-state index contributed by atoms with van der Waals surface area (Å²) in [5.74, 6) is 0.125. The van der Waals surface area contributed by atoms with Crippen molar-refractivity contribution < 1.29 is 4.74 Å². The van der Waals surface area contributed by atoms with Crippen LogP contribution in [0.1, 0.15) is 13.8 Å². The first-order valence-electron chi connectivity index (χ1n) is 1.91. The van der Waals surface area contributed by atoms with Crippen LogP contribution in [-0.4, -0.2) is 11.8 Å². The fourth-order valence-corrected chi connectivity index (χ4v) is 0.230. The van der Waals surface area contributed by atoms with Crippen LogP contribution in [0.4, 0.5) is 0 Å². The van der Waals surface area contributed by atoms with Crippen molar-refractivity contribution in [1.29, 1.82) is 10.8 Å². The highest BCUT2D eigenvalue weighted by molar-refractivity contribution is 5.85. The Labute approximate surface area is 42.3 Å². The molecule has 3 heteroatoms. The van der Waals surface area contributed by atoms with Crippen molar-refractivity contribution >= 4 is 11.8 Å². The Hall–Kier alpha value is -0.860. The van der Waals surface area contributed by atoms with Gasteiger partial charge in [0.25, 0.3) is 0 Å². The van der Waals surface area contributed by atoms with Crippen molar-refractivity contribution in [3.05, 3.63) is 0 Å². The van der Waals surface area contributed by atoms with E-state index in [2.05, 4.69) is 4.74 Å². The van der Waals surface area contributed by atoms with Gasteiger partial charge >= 0.3 is 0 Å². The number of hydrogen-bond donors (Lipinski definition) is 2. The summed E-state index contributed by atoms with van der Waals surface area (Å²) >= 11 is 0. The van der Waals surface area contributed by atoms with Crippen LogP contribution in [0.25, 0.3) is 0 Å². The maximum Gasteiger partial charge on any atom is 0.185 e. The largest absolute Gasteiger partial charge is 0.430 e. The Kier molecular flexibility index (Phi) is 2.05. The van der Waals surface area contributed by atoms with Crippen molar-refractivity contribution in [3.8, 4) is 0 Å². The molecule has 0 saturated heterocycles. The highest BCUT2D eigenvalue weighted by Gasteiger charge is 1.85. The van der Waals surface area contributed by atoms with E-state index in [0.717, 1.165) is 0 Å². The highest BCUT2D eigenvalue weighted by Crippen LogP contribution is 1.75. The van der Waals surface area contributed by atoms with E-state index >= 15 is 0 Å². The second-order valence-electron chi connectivity index (χ2n) is 1.21. The van der Waals surface area contributed by atoms with Crippen molar-refractivity contribution in [1.82, 2.24) is 0 Å². The molecule has 3 nitrogen and oxygen atoms in total. The molecule has 0 spiro atoms. The van der Waals surface area contributed by atoms with Crippen LogP contribution in [0.5, 0.6) is 0 Å². The first kappa shape index (κ1) is 6.14. The Morgan fingerprint density at radius 1 is 1.14 bits per heavy atom.